The number of nitrogen functional groups attached to an aromatic ring is 1. The maximum atomic E-state index is 12.3. The van der Waals surface area contributed by atoms with E-state index in [1.807, 2.05) is 17.0 Å². The van der Waals surface area contributed by atoms with E-state index in [4.69, 9.17) is 17.3 Å². The van der Waals surface area contributed by atoms with Gasteiger partial charge in [0.15, 0.2) is 0 Å². The summed E-state index contributed by atoms with van der Waals surface area (Å²) in [6, 6.07) is 5.54. The van der Waals surface area contributed by atoms with Crippen molar-refractivity contribution < 1.29 is 4.79 Å². The predicted molar refractivity (Wildman–Crippen MR) is 76.4 cm³/mol. The number of amides is 1. The molecule has 1 aromatic heterocycles. The van der Waals surface area contributed by atoms with Crippen molar-refractivity contribution in [1.29, 1.82) is 0 Å². The number of fused-ring (bicyclic) bond motifs is 1. The highest BCUT2D eigenvalue weighted by Crippen LogP contribution is 2.36. The highest BCUT2D eigenvalue weighted by atomic mass is 35.5. The van der Waals surface area contributed by atoms with Crippen LogP contribution in [0.3, 0.4) is 0 Å². The van der Waals surface area contributed by atoms with Crippen LogP contribution in [0.15, 0.2) is 18.2 Å². The molecule has 1 saturated heterocycles. The van der Waals surface area contributed by atoms with E-state index in [0.717, 1.165) is 36.0 Å². The van der Waals surface area contributed by atoms with Crippen LogP contribution in [0.2, 0.25) is 5.02 Å². The number of rotatable bonds is 1. The number of nitrogens with zero attached hydrogens (tertiary/aromatic N) is 1. The lowest BCUT2D eigenvalue weighted by Gasteiger charge is -2.14. The lowest BCUT2D eigenvalue weighted by molar-refractivity contribution is 0.0798. The van der Waals surface area contributed by atoms with Crippen LogP contribution >= 0.6 is 22.9 Å². The fraction of sp³-hybridized carbons (Fsp3) is 0.308. The summed E-state index contributed by atoms with van der Waals surface area (Å²) in [5.41, 5.74) is 6.66. The molecule has 3 nitrogen and oxygen atoms in total. The first-order chi connectivity index (χ1) is 8.66. The van der Waals surface area contributed by atoms with E-state index in [2.05, 4.69) is 0 Å². The highest BCUT2D eigenvalue weighted by Gasteiger charge is 2.24. The van der Waals surface area contributed by atoms with Crippen molar-refractivity contribution in [3.05, 3.63) is 28.1 Å². The Bertz CT molecular complexity index is 617. The Morgan fingerprint density at radius 3 is 2.78 bits per heavy atom. The number of halogens is 1. The Kier molecular flexibility index (Phi) is 2.92. The molecule has 0 radical (unpaired) electrons. The number of hydrogen-bond acceptors (Lipinski definition) is 3. The van der Waals surface area contributed by atoms with Crippen molar-refractivity contribution in [2.75, 3.05) is 18.8 Å². The average molecular weight is 281 g/mol. The smallest absolute Gasteiger partial charge is 0.266 e. The van der Waals surface area contributed by atoms with E-state index in [0.29, 0.717) is 15.6 Å². The molecule has 2 N–H and O–H groups in total. The number of nitrogens with two attached hydrogens (primary N) is 1. The van der Waals surface area contributed by atoms with Crippen LogP contribution in [0.25, 0.3) is 10.1 Å². The monoisotopic (exact) mass is 280 g/mol. The van der Waals surface area contributed by atoms with E-state index in [-0.39, 0.29) is 5.91 Å². The molecule has 0 atom stereocenters. The SMILES string of the molecule is Nc1c(C(=O)N2CCCC2)sc2cc(Cl)ccc12. The molecule has 18 heavy (non-hydrogen) atoms. The summed E-state index contributed by atoms with van der Waals surface area (Å²) in [5.74, 6) is 0.0577. The predicted octanol–water partition coefficient (Wildman–Crippen LogP) is 3.37. The second kappa shape index (κ2) is 4.44. The van der Waals surface area contributed by atoms with Gasteiger partial charge in [-0.3, -0.25) is 4.79 Å². The quantitative estimate of drug-likeness (QED) is 0.870. The molecule has 1 aliphatic rings. The summed E-state index contributed by atoms with van der Waals surface area (Å²) in [6.07, 6.45) is 2.17. The Balaban J connectivity index is 2.06. The van der Waals surface area contributed by atoms with Gasteiger partial charge >= 0.3 is 0 Å². The van der Waals surface area contributed by atoms with Gasteiger partial charge in [0.25, 0.3) is 5.91 Å². The number of likely N-dealkylation sites (tertiary alicyclic amines) is 1. The summed E-state index contributed by atoms with van der Waals surface area (Å²) in [7, 11) is 0. The number of carbonyl (C=O) groups is 1. The number of hydrogen-bond donors (Lipinski definition) is 1. The van der Waals surface area contributed by atoms with E-state index in [1.54, 1.807) is 6.07 Å². The van der Waals surface area contributed by atoms with Gasteiger partial charge in [-0.15, -0.1) is 11.3 Å². The van der Waals surface area contributed by atoms with Gasteiger partial charge in [-0.05, 0) is 31.0 Å². The molecular weight excluding hydrogens is 268 g/mol. The number of benzene rings is 1. The Morgan fingerprint density at radius 1 is 1.33 bits per heavy atom. The topological polar surface area (TPSA) is 46.3 Å². The molecule has 3 rings (SSSR count). The van der Waals surface area contributed by atoms with Gasteiger partial charge in [0.2, 0.25) is 0 Å². The average Bonchev–Trinajstić information content (AvgIpc) is 2.97. The molecule has 1 amide bonds. The van der Waals surface area contributed by atoms with Crippen molar-refractivity contribution in [3.63, 3.8) is 0 Å². The fourth-order valence-electron chi connectivity index (χ4n) is 2.31. The maximum absolute atomic E-state index is 12.3. The lowest BCUT2D eigenvalue weighted by Crippen LogP contribution is -2.27. The largest absolute Gasteiger partial charge is 0.397 e. The van der Waals surface area contributed by atoms with Gasteiger partial charge in [0.1, 0.15) is 4.88 Å². The molecular formula is C13H13ClN2OS. The molecule has 0 spiro atoms. The standard InChI is InChI=1S/C13H13ClN2OS/c14-8-3-4-9-10(7-8)18-12(11(9)15)13(17)16-5-1-2-6-16/h3-4,7H,1-2,5-6,15H2. The molecule has 0 bridgehead atoms. The molecule has 1 fully saturated rings. The molecule has 1 aliphatic heterocycles. The zero-order valence-electron chi connectivity index (χ0n) is 9.78. The van der Waals surface area contributed by atoms with Crippen LogP contribution in [-0.4, -0.2) is 23.9 Å². The Morgan fingerprint density at radius 2 is 2.06 bits per heavy atom. The molecule has 2 aromatic rings. The summed E-state index contributed by atoms with van der Waals surface area (Å²) < 4.78 is 0.975. The van der Waals surface area contributed by atoms with Gasteiger partial charge < -0.3 is 10.6 Å². The Labute approximate surface area is 114 Å². The molecule has 1 aromatic carbocycles. The third kappa shape index (κ3) is 1.85. The highest BCUT2D eigenvalue weighted by molar-refractivity contribution is 7.21. The molecule has 94 valence electrons. The van der Waals surface area contributed by atoms with Crippen molar-refractivity contribution in [1.82, 2.24) is 4.90 Å². The van der Waals surface area contributed by atoms with E-state index < -0.39 is 0 Å². The second-order valence-electron chi connectivity index (χ2n) is 4.48. The van der Waals surface area contributed by atoms with Gasteiger partial charge in [0, 0.05) is 28.2 Å². The lowest BCUT2D eigenvalue weighted by atomic mass is 10.2. The first-order valence-electron chi connectivity index (χ1n) is 5.93. The van der Waals surface area contributed by atoms with Crippen LogP contribution in [0.5, 0.6) is 0 Å². The van der Waals surface area contributed by atoms with Crippen molar-refractivity contribution >= 4 is 44.6 Å². The summed E-state index contributed by atoms with van der Waals surface area (Å²) >= 11 is 7.39. The van der Waals surface area contributed by atoms with Crippen molar-refractivity contribution in [2.45, 2.75) is 12.8 Å². The summed E-state index contributed by atoms with van der Waals surface area (Å²) in [4.78, 5) is 14.9. The van der Waals surface area contributed by atoms with Crippen LogP contribution < -0.4 is 5.73 Å². The van der Waals surface area contributed by atoms with Crippen molar-refractivity contribution in [2.24, 2.45) is 0 Å². The minimum atomic E-state index is 0.0577. The number of anilines is 1. The first kappa shape index (κ1) is 11.8. The van der Waals surface area contributed by atoms with Crippen LogP contribution in [0.4, 0.5) is 5.69 Å². The molecule has 0 saturated carbocycles. The number of carbonyl (C=O) groups excluding carboxylic acids is 1. The molecule has 0 aliphatic carbocycles. The normalized spacial score (nSPS) is 15.5. The second-order valence-corrected chi connectivity index (χ2v) is 5.97. The van der Waals surface area contributed by atoms with Crippen LogP contribution in [0, 0.1) is 0 Å². The first-order valence-corrected chi connectivity index (χ1v) is 7.13. The molecule has 2 heterocycles. The van der Waals surface area contributed by atoms with Crippen LogP contribution in [0.1, 0.15) is 22.5 Å². The summed E-state index contributed by atoms with van der Waals surface area (Å²) in [6.45, 7) is 1.68. The number of thiophene rings is 1. The third-order valence-electron chi connectivity index (χ3n) is 3.28. The maximum Gasteiger partial charge on any atom is 0.266 e. The Hall–Kier alpha value is -1.26. The molecule has 0 unspecified atom stereocenters. The zero-order chi connectivity index (χ0) is 12.7. The minimum Gasteiger partial charge on any atom is -0.397 e. The zero-order valence-corrected chi connectivity index (χ0v) is 11.4. The van der Waals surface area contributed by atoms with Crippen molar-refractivity contribution in [3.8, 4) is 0 Å². The van der Waals surface area contributed by atoms with Gasteiger partial charge in [-0.2, -0.15) is 0 Å². The summed E-state index contributed by atoms with van der Waals surface area (Å²) in [5, 5.41) is 1.59. The van der Waals surface area contributed by atoms with Gasteiger partial charge in [0.05, 0.1) is 5.69 Å². The van der Waals surface area contributed by atoms with Crippen LogP contribution in [-0.2, 0) is 0 Å². The fourth-order valence-corrected chi connectivity index (χ4v) is 3.68. The van der Waals surface area contributed by atoms with Gasteiger partial charge in [-0.25, -0.2) is 0 Å². The van der Waals surface area contributed by atoms with E-state index >= 15 is 0 Å². The minimum absolute atomic E-state index is 0.0577. The van der Waals surface area contributed by atoms with Gasteiger partial charge in [-0.1, -0.05) is 11.6 Å². The van der Waals surface area contributed by atoms with E-state index in [1.165, 1.54) is 11.3 Å². The van der Waals surface area contributed by atoms with E-state index in [9.17, 15) is 4.79 Å². The molecule has 5 heteroatoms. The third-order valence-corrected chi connectivity index (χ3v) is 4.67.